The number of hydrogen-bond acceptors (Lipinski definition) is 4. The van der Waals surface area contributed by atoms with Gasteiger partial charge in [-0.3, -0.25) is 0 Å². The molecule has 0 fully saturated rings. The highest BCUT2D eigenvalue weighted by Crippen LogP contribution is 2.27. The second-order valence-corrected chi connectivity index (χ2v) is 4.96. The number of nitrogens with one attached hydrogen (secondary N) is 1. The summed E-state index contributed by atoms with van der Waals surface area (Å²) in [6.45, 7) is 7.16. The number of rotatable bonds is 7. The number of hydrogen-bond donors (Lipinski definition) is 1. The van der Waals surface area contributed by atoms with Crippen molar-refractivity contribution < 1.29 is 4.74 Å². The van der Waals surface area contributed by atoms with Crippen LogP contribution in [0.4, 0.5) is 5.82 Å². The zero-order chi connectivity index (χ0) is 15.1. The molecule has 0 spiro atoms. The summed E-state index contributed by atoms with van der Waals surface area (Å²) in [4.78, 5) is 8.64. The third kappa shape index (κ3) is 3.94. The van der Waals surface area contributed by atoms with Crippen LogP contribution < -0.4 is 10.1 Å². The van der Waals surface area contributed by atoms with Gasteiger partial charge in [0.05, 0.1) is 5.56 Å². The van der Waals surface area contributed by atoms with Gasteiger partial charge >= 0.3 is 0 Å². The molecule has 0 aliphatic heterocycles. The molecule has 0 amide bonds. The van der Waals surface area contributed by atoms with E-state index in [0.717, 1.165) is 36.3 Å². The van der Waals surface area contributed by atoms with Crippen LogP contribution >= 0.6 is 0 Å². The predicted octanol–water partition coefficient (Wildman–Crippen LogP) is 4.00. The molecular weight excluding hydrogens is 262 g/mol. The van der Waals surface area contributed by atoms with Crippen molar-refractivity contribution in [2.24, 2.45) is 0 Å². The first-order chi connectivity index (χ1) is 10.3. The average Bonchev–Trinajstić information content (AvgIpc) is 2.53. The Bertz CT molecular complexity index is 557. The van der Waals surface area contributed by atoms with Gasteiger partial charge in [-0.1, -0.05) is 44.2 Å². The monoisotopic (exact) mass is 285 g/mol. The zero-order valence-electron chi connectivity index (χ0n) is 13.0. The molecule has 0 saturated heterocycles. The van der Waals surface area contributed by atoms with Crippen LogP contribution in [0.5, 0.6) is 5.88 Å². The van der Waals surface area contributed by atoms with Gasteiger partial charge in [-0.15, -0.1) is 0 Å². The SMILES string of the molecule is CCCNc1ncnc(OC(C)c2ccccc2)c1CC. The Kier molecular flexibility index (Phi) is 5.55. The molecule has 4 heteroatoms. The minimum atomic E-state index is -0.0366. The molecule has 0 aliphatic rings. The molecule has 0 aliphatic carbocycles. The quantitative estimate of drug-likeness (QED) is 0.835. The Morgan fingerprint density at radius 3 is 2.57 bits per heavy atom. The molecule has 4 nitrogen and oxygen atoms in total. The summed E-state index contributed by atoms with van der Waals surface area (Å²) >= 11 is 0. The predicted molar refractivity (Wildman–Crippen MR) is 85.7 cm³/mol. The number of benzene rings is 1. The fourth-order valence-corrected chi connectivity index (χ4v) is 2.17. The van der Waals surface area contributed by atoms with Crippen LogP contribution in [0.15, 0.2) is 36.7 Å². The number of ether oxygens (including phenoxy) is 1. The van der Waals surface area contributed by atoms with E-state index in [1.165, 1.54) is 0 Å². The molecule has 1 unspecified atom stereocenters. The highest BCUT2D eigenvalue weighted by molar-refractivity contribution is 5.48. The molecule has 21 heavy (non-hydrogen) atoms. The standard InChI is InChI=1S/C17H23N3O/c1-4-11-18-16-15(5-2)17(20-12-19-16)21-13(3)14-9-7-6-8-10-14/h6-10,12-13H,4-5,11H2,1-3H3,(H,18,19,20). The Morgan fingerprint density at radius 2 is 1.90 bits per heavy atom. The molecule has 2 aromatic rings. The first-order valence-corrected chi connectivity index (χ1v) is 7.55. The molecule has 0 bridgehead atoms. The summed E-state index contributed by atoms with van der Waals surface area (Å²) in [7, 11) is 0. The van der Waals surface area contributed by atoms with Crippen molar-refractivity contribution in [3.63, 3.8) is 0 Å². The van der Waals surface area contributed by atoms with Crippen LogP contribution in [-0.4, -0.2) is 16.5 Å². The fourth-order valence-electron chi connectivity index (χ4n) is 2.17. The second kappa shape index (κ2) is 7.62. The lowest BCUT2D eigenvalue weighted by Crippen LogP contribution is -2.10. The van der Waals surface area contributed by atoms with Crippen molar-refractivity contribution in [1.82, 2.24) is 9.97 Å². The van der Waals surface area contributed by atoms with E-state index >= 15 is 0 Å². The first kappa shape index (κ1) is 15.3. The van der Waals surface area contributed by atoms with E-state index in [2.05, 4.69) is 41.3 Å². The highest BCUT2D eigenvalue weighted by Gasteiger charge is 2.14. The molecular formula is C17H23N3O. The van der Waals surface area contributed by atoms with Crippen molar-refractivity contribution >= 4 is 5.82 Å². The summed E-state index contributed by atoms with van der Waals surface area (Å²) in [5.74, 6) is 1.55. The van der Waals surface area contributed by atoms with E-state index in [9.17, 15) is 0 Å². The van der Waals surface area contributed by atoms with E-state index in [-0.39, 0.29) is 6.10 Å². The number of anilines is 1. The summed E-state index contributed by atoms with van der Waals surface area (Å²) in [5, 5.41) is 3.34. The van der Waals surface area contributed by atoms with Gasteiger partial charge in [-0.05, 0) is 25.3 Å². The van der Waals surface area contributed by atoms with Crippen LogP contribution in [0.25, 0.3) is 0 Å². The molecule has 1 atom stereocenters. The summed E-state index contributed by atoms with van der Waals surface area (Å²) in [6, 6.07) is 10.2. The van der Waals surface area contributed by atoms with Crippen molar-refractivity contribution in [3.05, 3.63) is 47.8 Å². The Morgan fingerprint density at radius 1 is 1.14 bits per heavy atom. The van der Waals surface area contributed by atoms with Crippen LogP contribution in [0.1, 0.15) is 44.4 Å². The maximum Gasteiger partial charge on any atom is 0.222 e. The molecule has 2 rings (SSSR count). The molecule has 112 valence electrons. The smallest absolute Gasteiger partial charge is 0.222 e. The van der Waals surface area contributed by atoms with Gasteiger partial charge in [0.25, 0.3) is 0 Å². The Hall–Kier alpha value is -2.10. The van der Waals surface area contributed by atoms with Crippen LogP contribution in [0, 0.1) is 0 Å². The maximum atomic E-state index is 6.05. The zero-order valence-corrected chi connectivity index (χ0v) is 13.0. The largest absolute Gasteiger partial charge is 0.469 e. The topological polar surface area (TPSA) is 47.0 Å². The van der Waals surface area contributed by atoms with Crippen molar-refractivity contribution in [3.8, 4) is 5.88 Å². The van der Waals surface area contributed by atoms with Gasteiger partial charge in [0.15, 0.2) is 0 Å². The van der Waals surface area contributed by atoms with E-state index in [4.69, 9.17) is 4.74 Å². The summed E-state index contributed by atoms with van der Waals surface area (Å²) in [6.07, 6.45) is 3.42. The fraction of sp³-hybridized carbons (Fsp3) is 0.412. The average molecular weight is 285 g/mol. The molecule has 0 radical (unpaired) electrons. The summed E-state index contributed by atoms with van der Waals surface area (Å²) in [5.41, 5.74) is 2.18. The molecule has 0 saturated carbocycles. The van der Waals surface area contributed by atoms with Gasteiger partial charge in [-0.25, -0.2) is 9.97 Å². The third-order valence-electron chi connectivity index (χ3n) is 3.36. The second-order valence-electron chi connectivity index (χ2n) is 4.96. The molecule has 1 aromatic heterocycles. The van der Waals surface area contributed by atoms with Gasteiger partial charge in [0, 0.05) is 6.54 Å². The molecule has 1 heterocycles. The molecule has 1 N–H and O–H groups in total. The van der Waals surface area contributed by atoms with E-state index < -0.39 is 0 Å². The van der Waals surface area contributed by atoms with Crippen LogP contribution in [0.3, 0.4) is 0 Å². The Labute approximate surface area is 126 Å². The highest BCUT2D eigenvalue weighted by atomic mass is 16.5. The Balaban J connectivity index is 2.19. The van der Waals surface area contributed by atoms with Gasteiger partial charge in [0.2, 0.25) is 5.88 Å². The van der Waals surface area contributed by atoms with Crippen LogP contribution in [-0.2, 0) is 6.42 Å². The maximum absolute atomic E-state index is 6.05. The third-order valence-corrected chi connectivity index (χ3v) is 3.36. The van der Waals surface area contributed by atoms with Crippen molar-refractivity contribution in [2.45, 2.75) is 39.7 Å². The lowest BCUT2D eigenvalue weighted by molar-refractivity contribution is 0.215. The van der Waals surface area contributed by atoms with E-state index in [1.807, 2.05) is 25.1 Å². The molecule has 1 aromatic carbocycles. The minimum absolute atomic E-state index is 0.0366. The van der Waals surface area contributed by atoms with E-state index in [1.54, 1.807) is 6.33 Å². The van der Waals surface area contributed by atoms with Gasteiger partial charge < -0.3 is 10.1 Å². The van der Waals surface area contributed by atoms with E-state index in [0.29, 0.717) is 5.88 Å². The van der Waals surface area contributed by atoms with Crippen molar-refractivity contribution in [1.29, 1.82) is 0 Å². The van der Waals surface area contributed by atoms with Gasteiger partial charge in [0.1, 0.15) is 18.2 Å². The number of nitrogens with zero attached hydrogens (tertiary/aromatic N) is 2. The normalized spacial score (nSPS) is 12.0. The lowest BCUT2D eigenvalue weighted by atomic mass is 10.1. The van der Waals surface area contributed by atoms with Crippen LogP contribution in [0.2, 0.25) is 0 Å². The van der Waals surface area contributed by atoms with Gasteiger partial charge in [-0.2, -0.15) is 0 Å². The minimum Gasteiger partial charge on any atom is -0.469 e. The number of aromatic nitrogens is 2. The lowest BCUT2D eigenvalue weighted by Gasteiger charge is -2.18. The first-order valence-electron chi connectivity index (χ1n) is 7.55. The van der Waals surface area contributed by atoms with Crippen molar-refractivity contribution in [2.75, 3.05) is 11.9 Å². The summed E-state index contributed by atoms with van der Waals surface area (Å²) < 4.78 is 6.05.